The number of hydrogen-bond acceptors (Lipinski definition) is 3. The summed E-state index contributed by atoms with van der Waals surface area (Å²) in [5, 5.41) is 4.27. The third-order valence-electron chi connectivity index (χ3n) is 14.9. The van der Waals surface area contributed by atoms with E-state index >= 15 is 0 Å². The van der Waals surface area contributed by atoms with Crippen LogP contribution in [-0.2, 0) is 5.41 Å². The first kappa shape index (κ1) is 38.1. The second-order valence-electron chi connectivity index (χ2n) is 18.5. The number of fused-ring (bicyclic) bond motifs is 16. The summed E-state index contributed by atoms with van der Waals surface area (Å²) in [6.45, 7) is 0. The maximum atomic E-state index is 6.73. The molecule has 15 rings (SSSR count). The van der Waals surface area contributed by atoms with E-state index < -0.39 is 0 Å². The zero-order chi connectivity index (χ0) is 45.2. The summed E-state index contributed by atoms with van der Waals surface area (Å²) in [7, 11) is 0. The molecule has 0 fully saturated rings. The molecule has 1 spiro atoms. The molecule has 0 aliphatic heterocycles. The summed E-state index contributed by atoms with van der Waals surface area (Å²) in [5.74, 6) is 0. The molecular formula is C66H39NO2. The van der Waals surface area contributed by atoms with Crippen molar-refractivity contribution in [3.63, 3.8) is 0 Å². The predicted molar refractivity (Wildman–Crippen MR) is 282 cm³/mol. The molecule has 3 heterocycles. The van der Waals surface area contributed by atoms with Crippen LogP contribution in [0, 0.1) is 0 Å². The Morgan fingerprint density at radius 3 is 1.45 bits per heavy atom. The van der Waals surface area contributed by atoms with E-state index in [1.54, 1.807) is 0 Å². The van der Waals surface area contributed by atoms with E-state index in [9.17, 15) is 0 Å². The fraction of sp³-hybridized carbons (Fsp3) is 0.0152. The Hall–Kier alpha value is -9.05. The molecule has 69 heavy (non-hydrogen) atoms. The summed E-state index contributed by atoms with van der Waals surface area (Å²) in [4.78, 5) is 5.54. The van der Waals surface area contributed by atoms with Crippen molar-refractivity contribution in [2.24, 2.45) is 0 Å². The lowest BCUT2D eigenvalue weighted by atomic mass is 9.70. The van der Waals surface area contributed by atoms with E-state index in [1.165, 1.54) is 50.1 Å². The maximum Gasteiger partial charge on any atom is 0.136 e. The Labute approximate surface area is 398 Å². The highest BCUT2D eigenvalue weighted by Gasteiger charge is 2.51. The van der Waals surface area contributed by atoms with Gasteiger partial charge in [0.1, 0.15) is 22.3 Å². The SMILES string of the molecule is c1ccc(-c2ccccc2-c2cc(-c3cccc4oc5ccc(-c6ccc7c(c6)-c6ccccc6C76c7ccccc7-c7ccccc76)cc5c34)cc(-c3cccc4oc5ccccc5c34)n2)cc1. The normalized spacial score (nSPS) is 13.0. The molecule has 3 nitrogen and oxygen atoms in total. The molecule has 0 bridgehead atoms. The molecule has 2 aliphatic carbocycles. The molecule has 0 radical (unpaired) electrons. The maximum absolute atomic E-state index is 6.73. The standard InChI is InChI=1S/C66H39NO2/c1-2-16-40(17-3-1)44-18-4-5-22-49(44)58-38-43(39-59(67-58)50-25-15-31-63-65(50)51-23-9-13-29-60(51)68-63)45-24-14-30-62-64(45)53-37-42(33-35-61(53)69-62)41-32-34-57-52(36-41)48-21-8-12-28-56(48)66(57)54-26-10-6-19-46(54)47-20-7-11-27-55(47)66/h1-39H. The lowest BCUT2D eigenvalue weighted by Gasteiger charge is -2.30. The average Bonchev–Trinajstić information content (AvgIpc) is 4.16. The zero-order valence-electron chi connectivity index (χ0n) is 37.3. The van der Waals surface area contributed by atoms with E-state index in [-0.39, 0.29) is 5.41 Å². The van der Waals surface area contributed by atoms with Crippen molar-refractivity contribution in [1.29, 1.82) is 0 Å². The number of para-hydroxylation sites is 1. The van der Waals surface area contributed by atoms with Gasteiger partial charge in [-0.3, -0.25) is 0 Å². The highest BCUT2D eigenvalue weighted by atomic mass is 16.3. The zero-order valence-corrected chi connectivity index (χ0v) is 37.3. The molecule has 0 amide bonds. The van der Waals surface area contributed by atoms with Crippen molar-refractivity contribution in [1.82, 2.24) is 4.98 Å². The lowest BCUT2D eigenvalue weighted by molar-refractivity contribution is 0.668. The fourth-order valence-corrected chi connectivity index (χ4v) is 12.1. The minimum Gasteiger partial charge on any atom is -0.456 e. The van der Waals surface area contributed by atoms with Gasteiger partial charge in [-0.15, -0.1) is 0 Å². The summed E-state index contributed by atoms with van der Waals surface area (Å²) < 4.78 is 13.1. The van der Waals surface area contributed by atoms with Gasteiger partial charge in [-0.1, -0.05) is 188 Å². The molecule has 3 aromatic heterocycles. The summed E-state index contributed by atoms with van der Waals surface area (Å²) in [6.07, 6.45) is 0. The molecule has 0 saturated heterocycles. The van der Waals surface area contributed by atoms with E-state index in [2.05, 4.69) is 224 Å². The first-order valence-electron chi connectivity index (χ1n) is 23.7. The largest absolute Gasteiger partial charge is 0.456 e. The second-order valence-corrected chi connectivity index (χ2v) is 18.5. The molecule has 320 valence electrons. The first-order chi connectivity index (χ1) is 34.2. The summed E-state index contributed by atoms with van der Waals surface area (Å²) in [6, 6.07) is 85.5. The Bertz CT molecular complexity index is 4220. The minimum atomic E-state index is -0.378. The smallest absolute Gasteiger partial charge is 0.136 e. The van der Waals surface area contributed by atoms with Gasteiger partial charge < -0.3 is 8.83 Å². The third kappa shape index (κ3) is 5.41. The molecule has 3 heteroatoms. The number of nitrogens with zero attached hydrogens (tertiary/aromatic N) is 1. The van der Waals surface area contributed by atoms with Crippen molar-refractivity contribution in [3.05, 3.63) is 259 Å². The number of pyridine rings is 1. The lowest BCUT2D eigenvalue weighted by Crippen LogP contribution is -2.25. The van der Waals surface area contributed by atoms with Gasteiger partial charge in [0.25, 0.3) is 0 Å². The first-order valence-corrected chi connectivity index (χ1v) is 23.7. The number of hydrogen-bond donors (Lipinski definition) is 0. The van der Waals surface area contributed by atoms with Gasteiger partial charge in [0.15, 0.2) is 0 Å². The third-order valence-corrected chi connectivity index (χ3v) is 14.9. The summed E-state index contributed by atoms with van der Waals surface area (Å²) in [5.41, 5.74) is 24.1. The Morgan fingerprint density at radius 2 is 0.739 bits per heavy atom. The second kappa shape index (κ2) is 14.5. The molecule has 10 aromatic carbocycles. The predicted octanol–water partition coefficient (Wildman–Crippen LogP) is 17.6. The van der Waals surface area contributed by atoms with Crippen LogP contribution in [0.25, 0.3) is 122 Å². The van der Waals surface area contributed by atoms with Crippen molar-refractivity contribution in [3.8, 4) is 78.1 Å². The van der Waals surface area contributed by atoms with Gasteiger partial charge in [0.2, 0.25) is 0 Å². The van der Waals surface area contributed by atoms with Crippen LogP contribution in [0.15, 0.2) is 245 Å². The van der Waals surface area contributed by atoms with Gasteiger partial charge in [-0.05, 0) is 126 Å². The number of benzene rings is 10. The topological polar surface area (TPSA) is 39.2 Å². The monoisotopic (exact) mass is 877 g/mol. The van der Waals surface area contributed by atoms with Crippen LogP contribution >= 0.6 is 0 Å². The fourth-order valence-electron chi connectivity index (χ4n) is 12.1. The highest BCUT2D eigenvalue weighted by Crippen LogP contribution is 2.63. The van der Waals surface area contributed by atoms with Crippen LogP contribution in [0.2, 0.25) is 0 Å². The van der Waals surface area contributed by atoms with Crippen molar-refractivity contribution < 1.29 is 8.83 Å². The molecule has 0 saturated carbocycles. The van der Waals surface area contributed by atoms with Crippen LogP contribution in [0.1, 0.15) is 22.3 Å². The van der Waals surface area contributed by atoms with E-state index in [0.717, 1.165) is 94.2 Å². The van der Waals surface area contributed by atoms with Gasteiger partial charge >= 0.3 is 0 Å². The van der Waals surface area contributed by atoms with Gasteiger partial charge in [0.05, 0.1) is 16.8 Å². The van der Waals surface area contributed by atoms with Crippen LogP contribution in [-0.4, -0.2) is 4.98 Å². The molecule has 0 atom stereocenters. The van der Waals surface area contributed by atoms with Crippen LogP contribution < -0.4 is 0 Å². The molecule has 2 aliphatic rings. The number of furan rings is 2. The Morgan fingerprint density at radius 1 is 0.261 bits per heavy atom. The van der Waals surface area contributed by atoms with Crippen LogP contribution in [0.3, 0.4) is 0 Å². The van der Waals surface area contributed by atoms with Crippen molar-refractivity contribution in [2.75, 3.05) is 0 Å². The van der Waals surface area contributed by atoms with Gasteiger partial charge in [0, 0.05) is 32.7 Å². The van der Waals surface area contributed by atoms with Crippen molar-refractivity contribution in [2.45, 2.75) is 5.41 Å². The number of rotatable bonds is 5. The number of aromatic nitrogens is 1. The highest BCUT2D eigenvalue weighted by molar-refractivity contribution is 6.15. The van der Waals surface area contributed by atoms with Crippen molar-refractivity contribution >= 4 is 43.9 Å². The molecule has 0 N–H and O–H groups in total. The quantitative estimate of drug-likeness (QED) is 0.173. The van der Waals surface area contributed by atoms with E-state index in [1.807, 2.05) is 12.1 Å². The van der Waals surface area contributed by atoms with Crippen LogP contribution in [0.4, 0.5) is 0 Å². The molecule has 13 aromatic rings. The van der Waals surface area contributed by atoms with E-state index in [4.69, 9.17) is 13.8 Å². The van der Waals surface area contributed by atoms with Gasteiger partial charge in [-0.2, -0.15) is 0 Å². The van der Waals surface area contributed by atoms with Gasteiger partial charge in [-0.25, -0.2) is 4.98 Å². The minimum absolute atomic E-state index is 0.378. The summed E-state index contributed by atoms with van der Waals surface area (Å²) >= 11 is 0. The molecular weight excluding hydrogens is 839 g/mol. The van der Waals surface area contributed by atoms with Crippen LogP contribution in [0.5, 0.6) is 0 Å². The Kier molecular flexibility index (Phi) is 7.99. The Balaban J connectivity index is 0.932. The molecule has 0 unspecified atom stereocenters. The average molecular weight is 878 g/mol. The van der Waals surface area contributed by atoms with E-state index in [0.29, 0.717) is 0 Å².